The van der Waals surface area contributed by atoms with Crippen molar-refractivity contribution in [1.29, 1.82) is 0 Å². The number of thiazole rings is 1. The van der Waals surface area contributed by atoms with Gasteiger partial charge >= 0.3 is 0 Å². The maximum atomic E-state index is 14.1. The summed E-state index contributed by atoms with van der Waals surface area (Å²) in [6.07, 6.45) is 14.4. The zero-order valence-electron chi connectivity index (χ0n) is 40.6. The molecule has 2 fully saturated rings. The summed E-state index contributed by atoms with van der Waals surface area (Å²) >= 11 is 8.13. The quantitative estimate of drug-likeness (QED) is 0.0625. The van der Waals surface area contributed by atoms with Gasteiger partial charge in [-0.3, -0.25) is 19.4 Å². The predicted octanol–water partition coefficient (Wildman–Crippen LogP) is 12.4. The first-order chi connectivity index (χ1) is 32.8. The Kier molecular flexibility index (Phi) is 18.0. The number of nitrogens with one attached hydrogen (secondary N) is 3. The molecule has 0 unspecified atom stereocenters. The molecule has 0 bridgehead atoms. The third-order valence-electron chi connectivity index (χ3n) is 14.1. The molecule has 3 aromatic carbocycles. The van der Waals surface area contributed by atoms with Crippen LogP contribution in [-0.4, -0.2) is 64.4 Å². The molecule has 7 rings (SSSR count). The fraction of sp³-hybridized carbons (Fsp3) is 0.509. The molecule has 2 aliphatic rings. The Morgan fingerprint density at radius 1 is 0.897 bits per heavy atom. The number of amides is 3. The monoisotopic (exact) mass is 964 g/mol. The van der Waals surface area contributed by atoms with E-state index in [1.165, 1.54) is 6.07 Å². The van der Waals surface area contributed by atoms with Gasteiger partial charge < -0.3 is 25.6 Å². The van der Waals surface area contributed by atoms with Crippen molar-refractivity contribution >= 4 is 57.2 Å². The predicted molar refractivity (Wildman–Crippen MR) is 274 cm³/mol. The van der Waals surface area contributed by atoms with Gasteiger partial charge in [-0.2, -0.15) is 0 Å². The minimum Gasteiger partial charge on any atom is -0.492 e. The molecule has 3 heterocycles. The fourth-order valence-corrected chi connectivity index (χ4v) is 11.0. The Morgan fingerprint density at radius 3 is 2.35 bits per heavy atom. The summed E-state index contributed by atoms with van der Waals surface area (Å²) in [7, 11) is 0. The normalized spacial score (nSPS) is 18.3. The highest BCUT2D eigenvalue weighted by molar-refractivity contribution is 7.13. The van der Waals surface area contributed by atoms with Crippen LogP contribution in [0.3, 0.4) is 0 Å². The number of hydrogen-bond donors (Lipinski definition) is 3. The van der Waals surface area contributed by atoms with E-state index in [0.29, 0.717) is 48.5 Å². The van der Waals surface area contributed by atoms with Gasteiger partial charge in [0, 0.05) is 42.3 Å². The van der Waals surface area contributed by atoms with Crippen molar-refractivity contribution in [2.24, 2.45) is 17.3 Å². The summed E-state index contributed by atoms with van der Waals surface area (Å²) in [5.41, 5.74) is 7.34. The molecule has 3 N–H and O–H groups in total. The summed E-state index contributed by atoms with van der Waals surface area (Å²) in [5.74, 6) is 0.669. The number of pyridine rings is 1. The van der Waals surface area contributed by atoms with Crippen LogP contribution in [0.25, 0.3) is 21.3 Å². The van der Waals surface area contributed by atoms with E-state index >= 15 is 0 Å². The number of carbonyl (C=O) groups excluding carboxylic acids is 3. The lowest BCUT2D eigenvalue weighted by Gasteiger charge is -2.35. The van der Waals surface area contributed by atoms with Crippen LogP contribution in [-0.2, 0) is 20.9 Å². The highest BCUT2D eigenvalue weighted by Gasteiger charge is 2.41. The van der Waals surface area contributed by atoms with Crippen LogP contribution in [0.1, 0.15) is 134 Å². The lowest BCUT2D eigenvalue weighted by Crippen LogP contribution is -2.56. The summed E-state index contributed by atoms with van der Waals surface area (Å²) in [6.45, 7) is 12.6. The molecular formula is C55H70ClFN6O4S. The van der Waals surface area contributed by atoms with E-state index in [0.717, 1.165) is 122 Å². The third kappa shape index (κ3) is 13.4. The van der Waals surface area contributed by atoms with E-state index in [9.17, 15) is 18.8 Å². The van der Waals surface area contributed by atoms with E-state index in [-0.39, 0.29) is 46.8 Å². The van der Waals surface area contributed by atoms with Crippen LogP contribution in [0, 0.1) is 30.0 Å². The molecule has 1 saturated carbocycles. The van der Waals surface area contributed by atoms with Crippen molar-refractivity contribution in [3.8, 4) is 16.2 Å². The zero-order chi connectivity index (χ0) is 48.2. The highest BCUT2D eigenvalue weighted by Crippen LogP contribution is 2.41. The molecule has 2 aromatic heterocycles. The van der Waals surface area contributed by atoms with Gasteiger partial charge in [-0.05, 0) is 135 Å². The van der Waals surface area contributed by atoms with Gasteiger partial charge in [-0.25, -0.2) is 9.37 Å². The number of aryl methyl sites for hydroxylation is 1. The molecule has 3 atom stereocenters. The topological polar surface area (TPSA) is 126 Å². The van der Waals surface area contributed by atoms with Gasteiger partial charge in [0.05, 0.1) is 39.3 Å². The number of halogens is 2. The maximum absolute atomic E-state index is 14.1. The minimum atomic E-state index is -0.457. The number of benzene rings is 3. The van der Waals surface area contributed by atoms with Crippen molar-refractivity contribution < 1.29 is 23.5 Å². The Hall–Kier alpha value is -4.91. The number of unbranched alkanes of at least 4 members (excludes halogenated alkanes) is 6. The molecule has 364 valence electrons. The number of carbonyl (C=O) groups is 3. The number of fused-ring (bicyclic) bond motifs is 1. The standard InChI is InChI=1S/C55H70ClFN6O4S/c1-36(39-19-21-40(22-20-39)44-27-29-58-47-26-23-42(57)32-45(44)47)52(64)62-43-24-25-46(56)49(33-43)67-31-12-10-8-6-7-9-11-28-59-51(55(3,4)5)54(66)63-30-13-14-48(63)53(65)60-34-38-15-17-41(18-16-38)50-37(2)61-35-68-50/h15-18,23-27,29,32-33,35-36,39-40,48,51,59H,6-14,19-22,28,30-31,34H2,1-5H3,(H,60,65)(H,62,64)/t36-,39-,40+,48-,51+/m1/s1. The summed E-state index contributed by atoms with van der Waals surface area (Å²) in [4.78, 5) is 52.6. The third-order valence-corrected chi connectivity index (χ3v) is 15.4. The number of hydrogen-bond acceptors (Lipinski definition) is 8. The Bertz CT molecular complexity index is 2470. The van der Waals surface area contributed by atoms with E-state index in [1.807, 2.05) is 55.9 Å². The number of rotatable bonds is 21. The maximum Gasteiger partial charge on any atom is 0.243 e. The van der Waals surface area contributed by atoms with Gasteiger partial charge in [0.1, 0.15) is 17.6 Å². The lowest BCUT2D eigenvalue weighted by molar-refractivity contribution is -0.142. The molecule has 0 spiro atoms. The van der Waals surface area contributed by atoms with Crippen molar-refractivity contribution in [3.05, 3.63) is 106 Å². The van der Waals surface area contributed by atoms with E-state index in [4.69, 9.17) is 16.3 Å². The van der Waals surface area contributed by atoms with Crippen LogP contribution in [0.15, 0.2) is 78.4 Å². The number of likely N-dealkylation sites (tertiary alicyclic amines) is 1. The van der Waals surface area contributed by atoms with Crippen molar-refractivity contribution in [3.63, 3.8) is 0 Å². The Labute approximate surface area is 411 Å². The van der Waals surface area contributed by atoms with E-state index < -0.39 is 6.04 Å². The first kappa shape index (κ1) is 51.0. The van der Waals surface area contributed by atoms with Crippen LogP contribution >= 0.6 is 22.9 Å². The average Bonchev–Trinajstić information content (AvgIpc) is 4.01. The largest absolute Gasteiger partial charge is 0.492 e. The molecule has 1 aliphatic carbocycles. The number of ether oxygens (including phenoxy) is 1. The van der Waals surface area contributed by atoms with Crippen LogP contribution in [0.2, 0.25) is 5.02 Å². The van der Waals surface area contributed by atoms with Crippen molar-refractivity contribution in [2.45, 2.75) is 143 Å². The van der Waals surface area contributed by atoms with E-state index in [1.54, 1.807) is 34.4 Å². The SMILES string of the molecule is Cc1ncsc1-c1ccc(CNC(=O)[C@H]2CCCN2C(=O)[C@H](NCCCCCCCCCOc2cc(NC(=O)[C@H](C)[C@H]3CC[C@@H](c4ccnc5ccc(F)cc54)CC3)ccc2Cl)C(C)(C)C)cc1. The van der Waals surface area contributed by atoms with Crippen LogP contribution in [0.5, 0.6) is 5.75 Å². The van der Waals surface area contributed by atoms with Crippen LogP contribution < -0.4 is 20.7 Å². The molecule has 0 radical (unpaired) electrons. The van der Waals surface area contributed by atoms with Crippen molar-refractivity contribution in [1.82, 2.24) is 25.5 Å². The lowest BCUT2D eigenvalue weighted by atomic mass is 9.73. The molecule has 13 heteroatoms. The Balaban J connectivity index is 0.757. The summed E-state index contributed by atoms with van der Waals surface area (Å²) in [6, 6.07) is 19.6. The van der Waals surface area contributed by atoms with E-state index in [2.05, 4.69) is 58.8 Å². The number of anilines is 1. The van der Waals surface area contributed by atoms with Gasteiger partial charge in [0.2, 0.25) is 17.7 Å². The first-order valence-electron chi connectivity index (χ1n) is 24.8. The molecule has 10 nitrogen and oxygen atoms in total. The van der Waals surface area contributed by atoms with Crippen LogP contribution in [0.4, 0.5) is 10.1 Å². The van der Waals surface area contributed by atoms with Gasteiger partial charge in [-0.15, -0.1) is 11.3 Å². The molecule has 68 heavy (non-hydrogen) atoms. The summed E-state index contributed by atoms with van der Waals surface area (Å²) in [5, 5.41) is 11.2. The highest BCUT2D eigenvalue weighted by atomic mass is 35.5. The second kappa shape index (κ2) is 24.1. The first-order valence-corrected chi connectivity index (χ1v) is 26.1. The number of aromatic nitrogens is 2. The smallest absolute Gasteiger partial charge is 0.243 e. The minimum absolute atomic E-state index is 0.00859. The van der Waals surface area contributed by atoms with Gasteiger partial charge in [0.15, 0.2) is 0 Å². The molecular weight excluding hydrogens is 895 g/mol. The fourth-order valence-electron chi connectivity index (χ4n) is 10.0. The summed E-state index contributed by atoms with van der Waals surface area (Å²) < 4.78 is 20.2. The second-order valence-corrected chi connectivity index (χ2v) is 21.3. The second-order valence-electron chi connectivity index (χ2n) is 20.0. The molecule has 1 aliphatic heterocycles. The Morgan fingerprint density at radius 2 is 1.63 bits per heavy atom. The van der Waals surface area contributed by atoms with Gasteiger partial charge in [-0.1, -0.05) is 95.7 Å². The zero-order valence-corrected chi connectivity index (χ0v) is 42.1. The molecule has 1 saturated heterocycles. The van der Waals surface area contributed by atoms with Gasteiger partial charge in [0.25, 0.3) is 0 Å². The number of nitrogens with zero attached hydrogens (tertiary/aromatic N) is 3. The average molecular weight is 966 g/mol. The molecule has 5 aromatic rings. The molecule has 3 amide bonds. The van der Waals surface area contributed by atoms with Crippen molar-refractivity contribution in [2.75, 3.05) is 25.0 Å².